The Kier molecular flexibility index (Phi) is 5.40. The van der Waals surface area contributed by atoms with E-state index in [-0.39, 0.29) is 11.9 Å². The second kappa shape index (κ2) is 7.73. The molecule has 0 N–H and O–H groups in total. The minimum Gasteiger partial charge on any atom is -0.343 e. The largest absolute Gasteiger partial charge is 0.343 e. The highest BCUT2D eigenvalue weighted by molar-refractivity contribution is 6.22. The Morgan fingerprint density at radius 2 is 1.62 bits per heavy atom. The van der Waals surface area contributed by atoms with E-state index < -0.39 is 0 Å². The zero-order valence-electron chi connectivity index (χ0n) is 16.1. The molecule has 4 nitrogen and oxygen atoms in total. The molecule has 0 saturated heterocycles. The van der Waals surface area contributed by atoms with Crippen LogP contribution in [0, 0.1) is 13.8 Å². The summed E-state index contributed by atoms with van der Waals surface area (Å²) in [6, 6.07) is 16.0. The molecule has 0 radical (unpaired) electrons. The number of aliphatic imine (C=N–C) groups is 1. The molecule has 0 aliphatic carbocycles. The Labute approximate surface area is 156 Å². The summed E-state index contributed by atoms with van der Waals surface area (Å²) < 4.78 is 0. The summed E-state index contributed by atoms with van der Waals surface area (Å²) in [5.41, 5.74) is 4.35. The Hall–Kier alpha value is -2.62. The maximum atomic E-state index is 13.3. The van der Waals surface area contributed by atoms with Crippen LogP contribution in [0.3, 0.4) is 0 Å². The van der Waals surface area contributed by atoms with Crippen molar-refractivity contribution in [1.29, 1.82) is 0 Å². The summed E-state index contributed by atoms with van der Waals surface area (Å²) in [6.07, 6.45) is 0.631. The van der Waals surface area contributed by atoms with Crippen molar-refractivity contribution in [1.82, 2.24) is 4.90 Å². The van der Waals surface area contributed by atoms with Gasteiger partial charge in [0.1, 0.15) is 6.04 Å². The molecule has 0 bridgehead atoms. The second-order valence-corrected chi connectivity index (χ2v) is 6.83. The molecular weight excluding hydrogens is 322 g/mol. The van der Waals surface area contributed by atoms with E-state index in [9.17, 15) is 4.79 Å². The fourth-order valence-electron chi connectivity index (χ4n) is 3.52. The Balaban J connectivity index is 1.99. The van der Waals surface area contributed by atoms with Gasteiger partial charge in [0.05, 0.1) is 5.69 Å². The number of rotatable bonds is 5. The maximum Gasteiger partial charge on any atom is 0.259 e. The van der Waals surface area contributed by atoms with E-state index in [1.165, 1.54) is 0 Å². The molecule has 1 atom stereocenters. The zero-order valence-corrected chi connectivity index (χ0v) is 16.1. The van der Waals surface area contributed by atoms with Crippen LogP contribution in [0.2, 0.25) is 0 Å². The number of carbonyl (C=O) groups excluding carboxylic acids is 1. The lowest BCUT2D eigenvalue weighted by Gasteiger charge is -2.28. The molecule has 1 heterocycles. The fraction of sp³-hybridized carbons (Fsp3) is 0.364. The summed E-state index contributed by atoms with van der Waals surface area (Å²) in [7, 11) is 0. The normalized spacial score (nSPS) is 16.8. The highest BCUT2D eigenvalue weighted by Gasteiger charge is 2.37. The lowest BCUT2D eigenvalue weighted by molar-refractivity contribution is -0.118. The molecule has 1 unspecified atom stereocenters. The predicted molar refractivity (Wildman–Crippen MR) is 108 cm³/mol. The van der Waals surface area contributed by atoms with E-state index in [1.807, 2.05) is 18.2 Å². The number of hydrogen-bond donors (Lipinski definition) is 0. The molecule has 1 aliphatic heterocycles. The first-order chi connectivity index (χ1) is 12.5. The Bertz CT molecular complexity index is 789. The first-order valence-electron chi connectivity index (χ1n) is 9.32. The van der Waals surface area contributed by atoms with Crippen molar-refractivity contribution in [2.45, 2.75) is 40.2 Å². The number of nitrogens with zero attached hydrogens (tertiary/aromatic N) is 3. The summed E-state index contributed by atoms with van der Waals surface area (Å²) in [5, 5.41) is 0. The van der Waals surface area contributed by atoms with Gasteiger partial charge in [-0.15, -0.1) is 0 Å². The van der Waals surface area contributed by atoms with Crippen LogP contribution in [0.25, 0.3) is 0 Å². The van der Waals surface area contributed by atoms with E-state index in [4.69, 9.17) is 4.99 Å². The summed E-state index contributed by atoms with van der Waals surface area (Å²) in [4.78, 5) is 22.1. The van der Waals surface area contributed by atoms with E-state index in [1.54, 1.807) is 4.90 Å². The van der Waals surface area contributed by atoms with Crippen LogP contribution in [-0.4, -0.2) is 35.9 Å². The van der Waals surface area contributed by atoms with Crippen LogP contribution < -0.4 is 4.90 Å². The lowest BCUT2D eigenvalue weighted by atomic mass is 10.1. The van der Waals surface area contributed by atoms with Crippen LogP contribution in [0.4, 0.5) is 5.69 Å². The van der Waals surface area contributed by atoms with Gasteiger partial charge in [-0.3, -0.25) is 4.79 Å². The summed E-state index contributed by atoms with van der Waals surface area (Å²) >= 11 is 0. The SMILES string of the molecule is CCN(CC)C1=NC(Cc2ccccc2)C(=O)N1c1cc(C)cc(C)c1. The monoisotopic (exact) mass is 349 g/mol. The molecule has 0 aromatic heterocycles. The minimum absolute atomic E-state index is 0.0563. The Morgan fingerprint density at radius 3 is 2.19 bits per heavy atom. The van der Waals surface area contributed by atoms with Crippen LogP contribution >= 0.6 is 0 Å². The predicted octanol–water partition coefficient (Wildman–Crippen LogP) is 3.96. The average molecular weight is 349 g/mol. The van der Waals surface area contributed by atoms with Crippen LogP contribution in [-0.2, 0) is 11.2 Å². The first kappa shape index (κ1) is 18.2. The van der Waals surface area contributed by atoms with Gasteiger partial charge in [-0.25, -0.2) is 9.89 Å². The van der Waals surface area contributed by atoms with Gasteiger partial charge < -0.3 is 4.90 Å². The van der Waals surface area contributed by atoms with Crippen molar-refractivity contribution in [3.05, 3.63) is 65.2 Å². The molecule has 4 heteroatoms. The minimum atomic E-state index is -0.367. The molecule has 2 aromatic carbocycles. The number of hydrogen-bond acceptors (Lipinski definition) is 3. The van der Waals surface area contributed by atoms with E-state index in [0.29, 0.717) is 6.42 Å². The van der Waals surface area contributed by atoms with Crippen molar-refractivity contribution in [2.75, 3.05) is 18.0 Å². The third-order valence-electron chi connectivity index (χ3n) is 4.76. The molecular formula is C22H27N3O. The van der Waals surface area contributed by atoms with Gasteiger partial charge >= 0.3 is 0 Å². The van der Waals surface area contributed by atoms with Crippen LogP contribution in [0.15, 0.2) is 53.5 Å². The highest BCUT2D eigenvalue weighted by Crippen LogP contribution is 2.27. The Morgan fingerprint density at radius 1 is 1.00 bits per heavy atom. The third-order valence-corrected chi connectivity index (χ3v) is 4.76. The van der Waals surface area contributed by atoms with Gasteiger partial charge in [0.2, 0.25) is 5.96 Å². The van der Waals surface area contributed by atoms with Gasteiger partial charge in [-0.2, -0.15) is 0 Å². The molecule has 136 valence electrons. The van der Waals surface area contributed by atoms with Gasteiger partial charge in [0, 0.05) is 19.5 Å². The molecule has 2 aromatic rings. The molecule has 0 fully saturated rings. The molecule has 1 amide bonds. The molecule has 0 saturated carbocycles. The van der Waals surface area contributed by atoms with Crippen molar-refractivity contribution in [3.8, 4) is 0 Å². The van der Waals surface area contributed by atoms with Crippen molar-refractivity contribution >= 4 is 17.6 Å². The van der Waals surface area contributed by atoms with Gasteiger partial charge in [0.25, 0.3) is 5.91 Å². The standard InChI is InChI=1S/C22H27N3O/c1-5-24(6-2)22-23-20(15-18-10-8-7-9-11-18)21(26)25(22)19-13-16(3)12-17(4)14-19/h7-14,20H,5-6,15H2,1-4H3. The number of amides is 1. The zero-order chi connectivity index (χ0) is 18.7. The molecule has 3 rings (SSSR count). The molecule has 0 spiro atoms. The highest BCUT2D eigenvalue weighted by atomic mass is 16.2. The third kappa shape index (κ3) is 3.64. The van der Waals surface area contributed by atoms with Crippen LogP contribution in [0.1, 0.15) is 30.5 Å². The number of anilines is 1. The van der Waals surface area contributed by atoms with Crippen molar-refractivity contribution in [3.63, 3.8) is 0 Å². The number of guanidine groups is 1. The van der Waals surface area contributed by atoms with Crippen molar-refractivity contribution < 1.29 is 4.79 Å². The van der Waals surface area contributed by atoms with E-state index in [2.05, 4.69) is 62.9 Å². The topological polar surface area (TPSA) is 35.9 Å². The molecule has 1 aliphatic rings. The maximum absolute atomic E-state index is 13.3. The lowest BCUT2D eigenvalue weighted by Crippen LogP contribution is -2.45. The van der Waals surface area contributed by atoms with Gasteiger partial charge in [0.15, 0.2) is 0 Å². The first-order valence-corrected chi connectivity index (χ1v) is 9.32. The number of carbonyl (C=O) groups is 1. The van der Waals surface area contributed by atoms with Gasteiger partial charge in [-0.1, -0.05) is 36.4 Å². The molecule has 26 heavy (non-hydrogen) atoms. The average Bonchev–Trinajstić information content (AvgIpc) is 2.92. The van der Waals surface area contributed by atoms with Crippen LogP contribution in [0.5, 0.6) is 0 Å². The fourth-order valence-corrected chi connectivity index (χ4v) is 3.52. The number of aryl methyl sites for hydroxylation is 2. The van der Waals surface area contributed by atoms with Crippen molar-refractivity contribution in [2.24, 2.45) is 4.99 Å². The smallest absolute Gasteiger partial charge is 0.259 e. The summed E-state index contributed by atoms with van der Waals surface area (Å²) in [5.74, 6) is 0.826. The summed E-state index contributed by atoms with van der Waals surface area (Å²) in [6.45, 7) is 9.96. The van der Waals surface area contributed by atoms with E-state index in [0.717, 1.165) is 41.4 Å². The van der Waals surface area contributed by atoms with E-state index >= 15 is 0 Å². The van der Waals surface area contributed by atoms with Gasteiger partial charge in [-0.05, 0) is 56.5 Å². The number of benzene rings is 2. The second-order valence-electron chi connectivity index (χ2n) is 6.83. The quantitative estimate of drug-likeness (QED) is 0.819.